The Hall–Kier alpha value is -1.99. The van der Waals surface area contributed by atoms with Gasteiger partial charge in [0.25, 0.3) is 0 Å². The van der Waals surface area contributed by atoms with Gasteiger partial charge in [-0.15, -0.1) is 0 Å². The molecule has 0 bridgehead atoms. The molecular formula is C21H19S+. The van der Waals surface area contributed by atoms with E-state index in [1.807, 2.05) is 11.3 Å². The van der Waals surface area contributed by atoms with Gasteiger partial charge in [-0.2, -0.15) is 0 Å². The molecule has 0 saturated heterocycles. The van der Waals surface area contributed by atoms with Gasteiger partial charge in [-0.1, -0.05) is 48.5 Å². The average Bonchev–Trinajstić information content (AvgIpc) is 2.62. The van der Waals surface area contributed by atoms with Crippen LogP contribution in [0.25, 0.3) is 21.6 Å². The Balaban J connectivity index is 1.92. The van der Waals surface area contributed by atoms with Crippen LogP contribution >= 0.6 is 11.3 Å². The van der Waals surface area contributed by atoms with Crippen LogP contribution in [-0.4, -0.2) is 0 Å². The van der Waals surface area contributed by atoms with Gasteiger partial charge in [-0.05, 0) is 42.5 Å². The lowest BCUT2D eigenvalue weighted by atomic mass is 9.91. The predicted octanol–water partition coefficient (Wildman–Crippen LogP) is 6.24. The third-order valence-electron chi connectivity index (χ3n) is 4.39. The molecule has 0 saturated carbocycles. The minimum absolute atomic E-state index is 1.23. The molecule has 3 aromatic rings. The first-order valence-corrected chi connectivity index (χ1v) is 8.83. The molecule has 1 aliphatic carbocycles. The summed E-state index contributed by atoms with van der Waals surface area (Å²) in [5.74, 6) is 0. The van der Waals surface area contributed by atoms with Gasteiger partial charge in [0.2, 0.25) is 21.1 Å². The maximum absolute atomic E-state index is 2.40. The van der Waals surface area contributed by atoms with Gasteiger partial charge in [-0.25, -0.2) is 0 Å². The second-order valence-corrected chi connectivity index (χ2v) is 7.00. The minimum Gasteiger partial charge on any atom is -0.0622 e. The quantitative estimate of drug-likeness (QED) is 0.491. The summed E-state index contributed by atoms with van der Waals surface area (Å²) in [6.45, 7) is 0. The van der Waals surface area contributed by atoms with Crippen molar-refractivity contribution in [2.24, 2.45) is 0 Å². The standard InChI is InChI=1S/C21H19S/c1-3-9-16(10-4-1)19-15-21(17-11-5-2-6-12-17)22-20-14-8-7-13-18(19)20/h1-6,9-12,15H,7-8,13-14H2/q+1. The van der Waals surface area contributed by atoms with E-state index < -0.39 is 0 Å². The monoisotopic (exact) mass is 303 g/mol. The molecule has 1 aliphatic rings. The number of fused-ring (bicyclic) bond motifs is 1. The first-order valence-electron chi connectivity index (χ1n) is 8.01. The fraction of sp³-hybridized carbons (Fsp3) is 0.190. The van der Waals surface area contributed by atoms with E-state index in [2.05, 4.69) is 66.7 Å². The van der Waals surface area contributed by atoms with Crippen molar-refractivity contribution in [3.8, 4) is 21.6 Å². The van der Waals surface area contributed by atoms with E-state index in [4.69, 9.17) is 0 Å². The topological polar surface area (TPSA) is 0 Å². The summed E-state index contributed by atoms with van der Waals surface area (Å²) >= 11 is 1.99. The SMILES string of the molecule is c1ccc(-c2cc(-c3ccccc3)c3c([s+]2)CCCC3)cc1. The highest BCUT2D eigenvalue weighted by Gasteiger charge is 2.26. The van der Waals surface area contributed by atoms with E-state index in [-0.39, 0.29) is 0 Å². The second-order valence-electron chi connectivity index (χ2n) is 5.87. The van der Waals surface area contributed by atoms with E-state index in [0.29, 0.717) is 0 Å². The molecule has 2 aromatic carbocycles. The lowest BCUT2D eigenvalue weighted by Gasteiger charge is -2.14. The van der Waals surface area contributed by atoms with Crippen molar-refractivity contribution in [1.82, 2.24) is 0 Å². The molecule has 22 heavy (non-hydrogen) atoms. The van der Waals surface area contributed by atoms with E-state index in [0.717, 1.165) is 0 Å². The number of aryl methyl sites for hydroxylation is 1. The van der Waals surface area contributed by atoms with Crippen LogP contribution in [0.15, 0.2) is 66.7 Å². The van der Waals surface area contributed by atoms with Gasteiger partial charge in [0.05, 0.1) is 0 Å². The zero-order valence-corrected chi connectivity index (χ0v) is 13.4. The van der Waals surface area contributed by atoms with Gasteiger partial charge in [0.15, 0.2) is 0 Å². The Bertz CT molecular complexity index is 776. The van der Waals surface area contributed by atoms with Gasteiger partial charge in [-0.3, -0.25) is 0 Å². The Morgan fingerprint density at radius 3 is 2.05 bits per heavy atom. The summed E-state index contributed by atoms with van der Waals surface area (Å²) in [5, 5.41) is 0. The van der Waals surface area contributed by atoms with Gasteiger partial charge >= 0.3 is 0 Å². The van der Waals surface area contributed by atoms with Crippen LogP contribution in [0.5, 0.6) is 0 Å². The van der Waals surface area contributed by atoms with Gasteiger partial charge in [0, 0.05) is 23.6 Å². The Morgan fingerprint density at radius 2 is 1.32 bits per heavy atom. The normalized spacial score (nSPS) is 13.6. The predicted molar refractivity (Wildman–Crippen MR) is 96.2 cm³/mol. The van der Waals surface area contributed by atoms with Crippen LogP contribution in [0.3, 0.4) is 0 Å². The summed E-state index contributed by atoms with van der Waals surface area (Å²) in [7, 11) is 0. The summed E-state index contributed by atoms with van der Waals surface area (Å²) < 4.78 is 0. The molecule has 1 heteroatoms. The Morgan fingerprint density at radius 1 is 0.682 bits per heavy atom. The highest BCUT2D eigenvalue weighted by atomic mass is 32.1. The minimum atomic E-state index is 1.23. The van der Waals surface area contributed by atoms with Crippen LogP contribution < -0.4 is 0 Å². The number of benzene rings is 2. The molecule has 0 radical (unpaired) electrons. The smallest absolute Gasteiger partial charge is 0.0622 e. The molecule has 0 amide bonds. The molecule has 0 unspecified atom stereocenters. The Kier molecular flexibility index (Phi) is 3.74. The zero-order chi connectivity index (χ0) is 14.8. The molecule has 0 N–H and O–H groups in total. The molecule has 1 heterocycles. The largest absolute Gasteiger partial charge is 0.238 e. The third kappa shape index (κ3) is 2.57. The molecule has 0 atom stereocenters. The molecule has 0 aliphatic heterocycles. The highest BCUT2D eigenvalue weighted by molar-refractivity contribution is 7.15. The molecule has 0 nitrogen and oxygen atoms in total. The molecule has 1 aromatic heterocycles. The van der Waals surface area contributed by atoms with Crippen molar-refractivity contribution in [1.29, 1.82) is 0 Å². The molecule has 4 rings (SSSR count). The summed E-state index contributed by atoms with van der Waals surface area (Å²) in [6, 6.07) is 24.0. The first kappa shape index (κ1) is 13.7. The highest BCUT2D eigenvalue weighted by Crippen LogP contribution is 2.39. The van der Waals surface area contributed by atoms with E-state index in [1.165, 1.54) is 47.3 Å². The van der Waals surface area contributed by atoms with Crippen LogP contribution in [0.1, 0.15) is 23.3 Å². The summed E-state index contributed by atoms with van der Waals surface area (Å²) in [6.07, 6.45) is 5.12. The van der Waals surface area contributed by atoms with E-state index in [9.17, 15) is 0 Å². The lowest BCUT2D eigenvalue weighted by Crippen LogP contribution is -2.03. The van der Waals surface area contributed by atoms with Crippen molar-refractivity contribution in [3.05, 3.63) is 77.2 Å². The van der Waals surface area contributed by atoms with Gasteiger partial charge in [0.1, 0.15) is 0 Å². The molecule has 0 fully saturated rings. The van der Waals surface area contributed by atoms with Crippen molar-refractivity contribution in [3.63, 3.8) is 0 Å². The number of hydrogen-bond acceptors (Lipinski definition) is 0. The second kappa shape index (κ2) is 6.02. The average molecular weight is 303 g/mol. The van der Waals surface area contributed by atoms with E-state index >= 15 is 0 Å². The third-order valence-corrected chi connectivity index (χ3v) is 5.66. The molecular weight excluding hydrogens is 284 g/mol. The van der Waals surface area contributed by atoms with Crippen molar-refractivity contribution in [2.75, 3.05) is 0 Å². The fourth-order valence-electron chi connectivity index (χ4n) is 3.28. The van der Waals surface area contributed by atoms with Crippen LogP contribution in [0, 0.1) is 0 Å². The first-order chi connectivity index (χ1) is 10.9. The summed E-state index contributed by atoms with van der Waals surface area (Å²) in [5.41, 5.74) is 5.71. The van der Waals surface area contributed by atoms with Crippen LogP contribution in [-0.2, 0) is 12.8 Å². The van der Waals surface area contributed by atoms with E-state index in [1.54, 1.807) is 10.4 Å². The van der Waals surface area contributed by atoms with Crippen molar-refractivity contribution in [2.45, 2.75) is 25.7 Å². The maximum atomic E-state index is 2.40. The van der Waals surface area contributed by atoms with Crippen molar-refractivity contribution < 1.29 is 0 Å². The maximum Gasteiger partial charge on any atom is 0.238 e. The summed E-state index contributed by atoms with van der Waals surface area (Å²) in [4.78, 5) is 2.98. The fourth-order valence-corrected chi connectivity index (χ4v) is 4.55. The van der Waals surface area contributed by atoms with Crippen LogP contribution in [0.2, 0.25) is 0 Å². The van der Waals surface area contributed by atoms with Crippen LogP contribution in [0.4, 0.5) is 0 Å². The molecule has 0 spiro atoms. The van der Waals surface area contributed by atoms with Crippen molar-refractivity contribution >= 4 is 11.3 Å². The Labute approximate surface area is 136 Å². The van der Waals surface area contributed by atoms with Gasteiger partial charge < -0.3 is 0 Å². The zero-order valence-electron chi connectivity index (χ0n) is 12.6. The number of rotatable bonds is 2. The lowest BCUT2D eigenvalue weighted by molar-refractivity contribution is 0.696. The molecule has 108 valence electrons. The number of hydrogen-bond donors (Lipinski definition) is 0.